The van der Waals surface area contributed by atoms with E-state index in [4.69, 9.17) is 4.74 Å². The molecule has 1 aromatic rings. The predicted molar refractivity (Wildman–Crippen MR) is 73.3 cm³/mol. The van der Waals surface area contributed by atoms with Gasteiger partial charge >= 0.3 is 0 Å². The topological polar surface area (TPSA) is 29.5 Å². The quantitative estimate of drug-likeness (QED) is 0.897. The zero-order chi connectivity index (χ0) is 13.9. The average molecular weight is 266 g/mol. The molecular formula is C16H23FO2. The van der Waals surface area contributed by atoms with Crippen LogP contribution in [0.25, 0.3) is 0 Å². The summed E-state index contributed by atoms with van der Waals surface area (Å²) in [6, 6.07) is 6.31. The van der Waals surface area contributed by atoms with Crippen LogP contribution in [0.3, 0.4) is 0 Å². The van der Waals surface area contributed by atoms with Gasteiger partial charge in [0.1, 0.15) is 11.9 Å². The van der Waals surface area contributed by atoms with E-state index in [9.17, 15) is 9.50 Å². The minimum absolute atomic E-state index is 0.173. The molecule has 1 N–H and O–H groups in total. The maximum atomic E-state index is 13.5. The summed E-state index contributed by atoms with van der Waals surface area (Å²) < 4.78 is 19.2. The zero-order valence-corrected chi connectivity index (χ0v) is 11.7. The zero-order valence-electron chi connectivity index (χ0n) is 11.7. The summed E-state index contributed by atoms with van der Waals surface area (Å²) in [7, 11) is 0. The number of aliphatic hydroxyl groups is 1. The van der Waals surface area contributed by atoms with E-state index < -0.39 is 6.10 Å². The predicted octanol–water partition coefficient (Wildman–Crippen LogP) is 3.84. The maximum absolute atomic E-state index is 13.5. The van der Waals surface area contributed by atoms with Gasteiger partial charge in [0, 0.05) is 5.56 Å². The SMILES string of the molecule is CC1(C)CCC(OCC(O)c2ccccc2F)CC1. The highest BCUT2D eigenvalue weighted by molar-refractivity contribution is 5.19. The molecule has 0 aromatic heterocycles. The van der Waals surface area contributed by atoms with Crippen LogP contribution in [0.15, 0.2) is 24.3 Å². The first-order chi connectivity index (χ1) is 8.98. The Morgan fingerprint density at radius 1 is 1.32 bits per heavy atom. The van der Waals surface area contributed by atoms with Crippen molar-refractivity contribution >= 4 is 0 Å². The minimum atomic E-state index is -0.879. The molecule has 1 aromatic carbocycles. The van der Waals surface area contributed by atoms with Crippen LogP contribution < -0.4 is 0 Å². The van der Waals surface area contributed by atoms with Gasteiger partial charge in [0.05, 0.1) is 12.7 Å². The highest BCUT2D eigenvalue weighted by Crippen LogP contribution is 2.36. The fourth-order valence-corrected chi connectivity index (χ4v) is 2.60. The van der Waals surface area contributed by atoms with Crippen LogP contribution in [0.1, 0.15) is 51.2 Å². The fourth-order valence-electron chi connectivity index (χ4n) is 2.60. The van der Waals surface area contributed by atoms with Crippen molar-refractivity contribution in [3.8, 4) is 0 Å². The van der Waals surface area contributed by atoms with Crippen molar-refractivity contribution in [3.05, 3.63) is 35.6 Å². The lowest BCUT2D eigenvalue weighted by Gasteiger charge is -2.34. The Hall–Kier alpha value is -0.930. The molecule has 0 bridgehead atoms. The van der Waals surface area contributed by atoms with Crippen molar-refractivity contribution < 1.29 is 14.2 Å². The normalized spacial score (nSPS) is 21.3. The molecule has 1 aliphatic rings. The van der Waals surface area contributed by atoms with E-state index in [1.165, 1.54) is 6.07 Å². The van der Waals surface area contributed by atoms with Gasteiger partial charge in [-0.2, -0.15) is 0 Å². The average Bonchev–Trinajstić information content (AvgIpc) is 2.38. The number of aliphatic hydroxyl groups excluding tert-OH is 1. The molecule has 0 aliphatic heterocycles. The van der Waals surface area contributed by atoms with Crippen molar-refractivity contribution in [1.82, 2.24) is 0 Å². The largest absolute Gasteiger partial charge is 0.386 e. The van der Waals surface area contributed by atoms with Gasteiger partial charge in [-0.1, -0.05) is 32.0 Å². The number of benzene rings is 1. The van der Waals surface area contributed by atoms with Crippen LogP contribution >= 0.6 is 0 Å². The van der Waals surface area contributed by atoms with Gasteiger partial charge in [0.15, 0.2) is 0 Å². The lowest BCUT2D eigenvalue weighted by atomic mass is 9.76. The first-order valence-corrected chi connectivity index (χ1v) is 7.02. The van der Waals surface area contributed by atoms with E-state index in [0.29, 0.717) is 11.0 Å². The molecule has 2 rings (SSSR count). The van der Waals surface area contributed by atoms with Gasteiger partial charge in [-0.05, 0) is 37.2 Å². The number of hydrogen-bond acceptors (Lipinski definition) is 2. The van der Waals surface area contributed by atoms with Gasteiger partial charge in [0.25, 0.3) is 0 Å². The number of halogens is 1. The molecule has 0 saturated heterocycles. The van der Waals surface area contributed by atoms with Crippen LogP contribution in [-0.4, -0.2) is 17.8 Å². The monoisotopic (exact) mass is 266 g/mol. The van der Waals surface area contributed by atoms with Crippen molar-refractivity contribution in [2.24, 2.45) is 5.41 Å². The van der Waals surface area contributed by atoms with Crippen LogP contribution in [0, 0.1) is 11.2 Å². The summed E-state index contributed by atoms with van der Waals surface area (Å²) in [4.78, 5) is 0. The second kappa shape index (κ2) is 6.02. The lowest BCUT2D eigenvalue weighted by Crippen LogP contribution is -2.27. The lowest BCUT2D eigenvalue weighted by molar-refractivity contribution is -0.0388. The molecule has 1 aliphatic carbocycles. The highest BCUT2D eigenvalue weighted by Gasteiger charge is 2.27. The number of ether oxygens (including phenoxy) is 1. The summed E-state index contributed by atoms with van der Waals surface area (Å²) in [5.41, 5.74) is 0.725. The molecule has 2 nitrogen and oxygen atoms in total. The smallest absolute Gasteiger partial charge is 0.129 e. The molecule has 0 radical (unpaired) electrons. The van der Waals surface area contributed by atoms with Gasteiger partial charge in [-0.3, -0.25) is 0 Å². The Labute approximate surface area is 114 Å². The fraction of sp³-hybridized carbons (Fsp3) is 0.625. The Bertz CT molecular complexity index is 407. The summed E-state index contributed by atoms with van der Waals surface area (Å²) >= 11 is 0. The molecule has 1 atom stereocenters. The highest BCUT2D eigenvalue weighted by atomic mass is 19.1. The van der Waals surface area contributed by atoms with E-state index in [0.717, 1.165) is 25.7 Å². The van der Waals surface area contributed by atoms with Crippen molar-refractivity contribution in [2.75, 3.05) is 6.61 Å². The van der Waals surface area contributed by atoms with Crippen molar-refractivity contribution in [2.45, 2.75) is 51.7 Å². The summed E-state index contributed by atoms with van der Waals surface area (Å²) in [6.45, 7) is 4.72. The summed E-state index contributed by atoms with van der Waals surface area (Å²) in [5.74, 6) is -0.372. The maximum Gasteiger partial charge on any atom is 0.129 e. The third-order valence-corrected chi connectivity index (χ3v) is 4.04. The van der Waals surface area contributed by atoms with E-state index >= 15 is 0 Å². The molecule has 1 unspecified atom stereocenters. The van der Waals surface area contributed by atoms with Gasteiger partial charge in [-0.25, -0.2) is 4.39 Å². The third-order valence-electron chi connectivity index (χ3n) is 4.04. The van der Waals surface area contributed by atoms with Gasteiger partial charge < -0.3 is 9.84 Å². The van der Waals surface area contributed by atoms with E-state index in [2.05, 4.69) is 13.8 Å². The molecule has 0 heterocycles. The van der Waals surface area contributed by atoms with Crippen molar-refractivity contribution in [3.63, 3.8) is 0 Å². The van der Waals surface area contributed by atoms with Crippen molar-refractivity contribution in [1.29, 1.82) is 0 Å². The molecule has 0 amide bonds. The van der Waals surface area contributed by atoms with Crippen LogP contribution in [-0.2, 0) is 4.74 Å². The molecule has 106 valence electrons. The Morgan fingerprint density at radius 3 is 2.58 bits per heavy atom. The second-order valence-corrected chi connectivity index (χ2v) is 6.23. The van der Waals surface area contributed by atoms with E-state index in [1.807, 2.05) is 0 Å². The molecule has 19 heavy (non-hydrogen) atoms. The van der Waals surface area contributed by atoms with Crippen LogP contribution in [0.2, 0.25) is 0 Å². The van der Waals surface area contributed by atoms with Gasteiger partial charge in [0.2, 0.25) is 0 Å². The second-order valence-electron chi connectivity index (χ2n) is 6.23. The standard InChI is InChI=1S/C16H23FO2/c1-16(2)9-7-12(8-10-16)19-11-15(18)13-5-3-4-6-14(13)17/h3-6,12,15,18H,7-11H2,1-2H3. The van der Waals surface area contributed by atoms with Crippen LogP contribution in [0.5, 0.6) is 0 Å². The third kappa shape index (κ3) is 4.02. The van der Waals surface area contributed by atoms with Gasteiger partial charge in [-0.15, -0.1) is 0 Å². The Balaban J connectivity index is 1.82. The molecule has 1 fully saturated rings. The Morgan fingerprint density at radius 2 is 1.95 bits per heavy atom. The molecular weight excluding hydrogens is 243 g/mol. The van der Waals surface area contributed by atoms with E-state index in [-0.39, 0.29) is 18.5 Å². The molecule has 1 saturated carbocycles. The minimum Gasteiger partial charge on any atom is -0.386 e. The summed E-state index contributed by atoms with van der Waals surface area (Å²) in [5, 5.41) is 9.97. The summed E-state index contributed by atoms with van der Waals surface area (Å²) in [6.07, 6.45) is 3.67. The first-order valence-electron chi connectivity index (χ1n) is 7.02. The van der Waals surface area contributed by atoms with E-state index in [1.54, 1.807) is 18.2 Å². The first kappa shape index (κ1) is 14.5. The Kier molecular flexibility index (Phi) is 4.58. The molecule has 0 spiro atoms. The number of hydrogen-bond donors (Lipinski definition) is 1. The number of rotatable bonds is 4. The van der Waals surface area contributed by atoms with Crippen LogP contribution in [0.4, 0.5) is 4.39 Å². The molecule has 3 heteroatoms.